The average Bonchev–Trinajstić information content (AvgIpc) is 3.02. The van der Waals surface area contributed by atoms with E-state index in [2.05, 4.69) is 46.7 Å². The standard InChI is InChI=1S/C17H23N3S2/c1-13-3-2-4-15-16(13)18-17(22-15)20-7-5-14(6-8-20)19-9-11-21-12-10-19/h2-4,14H,5-12H2,1H3. The smallest absolute Gasteiger partial charge is 0.186 e. The van der Waals surface area contributed by atoms with Crippen LogP contribution in [0.3, 0.4) is 0 Å². The molecule has 4 rings (SSSR count). The number of hydrogen-bond acceptors (Lipinski definition) is 5. The van der Waals surface area contributed by atoms with Gasteiger partial charge < -0.3 is 4.90 Å². The fraction of sp³-hybridized carbons (Fsp3) is 0.588. The normalized spacial score (nSPS) is 21.6. The molecule has 1 aromatic heterocycles. The minimum absolute atomic E-state index is 0.799. The second-order valence-corrected chi connectivity index (χ2v) is 8.52. The molecule has 1 aromatic carbocycles. The maximum Gasteiger partial charge on any atom is 0.186 e. The van der Waals surface area contributed by atoms with Crippen LogP contribution >= 0.6 is 23.1 Å². The van der Waals surface area contributed by atoms with Gasteiger partial charge in [0.25, 0.3) is 0 Å². The first-order chi connectivity index (χ1) is 10.8. The van der Waals surface area contributed by atoms with Gasteiger partial charge in [-0.3, -0.25) is 4.90 Å². The summed E-state index contributed by atoms with van der Waals surface area (Å²) < 4.78 is 1.32. The summed E-state index contributed by atoms with van der Waals surface area (Å²) >= 11 is 3.96. The Bertz CT molecular complexity index is 640. The van der Waals surface area contributed by atoms with Gasteiger partial charge in [-0.25, -0.2) is 4.98 Å². The highest BCUT2D eigenvalue weighted by molar-refractivity contribution is 7.99. The van der Waals surface area contributed by atoms with Gasteiger partial charge >= 0.3 is 0 Å². The number of aryl methyl sites for hydroxylation is 1. The van der Waals surface area contributed by atoms with Crippen molar-refractivity contribution in [2.75, 3.05) is 42.6 Å². The van der Waals surface area contributed by atoms with E-state index < -0.39 is 0 Å². The van der Waals surface area contributed by atoms with Crippen molar-refractivity contribution >= 4 is 38.4 Å². The Balaban J connectivity index is 1.45. The third-order valence-corrected chi connectivity index (χ3v) is 6.93. The molecular weight excluding hydrogens is 310 g/mol. The minimum atomic E-state index is 0.799. The summed E-state index contributed by atoms with van der Waals surface area (Å²) in [7, 11) is 0. The third kappa shape index (κ3) is 2.86. The number of nitrogens with zero attached hydrogens (tertiary/aromatic N) is 3. The fourth-order valence-corrected chi connectivity index (χ4v) is 5.60. The Morgan fingerprint density at radius 2 is 1.86 bits per heavy atom. The number of thiazole rings is 1. The van der Waals surface area contributed by atoms with Crippen LogP contribution in [0.5, 0.6) is 0 Å². The summed E-state index contributed by atoms with van der Waals surface area (Å²) in [6.07, 6.45) is 2.58. The number of rotatable bonds is 2. The van der Waals surface area contributed by atoms with E-state index in [1.54, 1.807) is 0 Å². The van der Waals surface area contributed by atoms with Crippen LogP contribution in [0.25, 0.3) is 10.2 Å². The summed E-state index contributed by atoms with van der Waals surface area (Å²) in [6, 6.07) is 7.29. The van der Waals surface area contributed by atoms with E-state index in [-0.39, 0.29) is 0 Å². The SMILES string of the molecule is Cc1cccc2sc(N3CCC(N4CCSCC4)CC3)nc12. The zero-order chi connectivity index (χ0) is 14.9. The van der Waals surface area contributed by atoms with Crippen molar-refractivity contribution in [2.45, 2.75) is 25.8 Å². The van der Waals surface area contributed by atoms with Gasteiger partial charge in [0.15, 0.2) is 5.13 Å². The molecule has 2 fully saturated rings. The summed E-state index contributed by atoms with van der Waals surface area (Å²) in [5.74, 6) is 2.63. The molecular formula is C17H23N3S2. The lowest BCUT2D eigenvalue weighted by Crippen LogP contribution is -2.47. The highest BCUT2D eigenvalue weighted by Gasteiger charge is 2.26. The molecule has 0 spiro atoms. The first-order valence-electron chi connectivity index (χ1n) is 8.24. The Morgan fingerprint density at radius 3 is 2.59 bits per heavy atom. The number of fused-ring (bicyclic) bond motifs is 1. The molecule has 0 amide bonds. The fourth-order valence-electron chi connectivity index (χ4n) is 3.57. The van der Waals surface area contributed by atoms with E-state index in [0.717, 1.165) is 19.1 Å². The van der Waals surface area contributed by atoms with Gasteiger partial charge in [0.2, 0.25) is 0 Å². The number of thioether (sulfide) groups is 1. The maximum atomic E-state index is 4.90. The van der Waals surface area contributed by atoms with Crippen LogP contribution in [-0.2, 0) is 0 Å². The second-order valence-electron chi connectivity index (χ2n) is 6.28. The topological polar surface area (TPSA) is 19.4 Å². The van der Waals surface area contributed by atoms with E-state index in [1.807, 2.05) is 11.3 Å². The van der Waals surface area contributed by atoms with Crippen LogP contribution < -0.4 is 4.90 Å². The van der Waals surface area contributed by atoms with Crippen molar-refractivity contribution in [3.63, 3.8) is 0 Å². The molecule has 0 atom stereocenters. The Kier molecular flexibility index (Phi) is 4.29. The summed E-state index contributed by atoms with van der Waals surface area (Å²) in [5.41, 5.74) is 2.48. The van der Waals surface area contributed by atoms with E-state index in [1.165, 1.54) is 58.3 Å². The number of piperidine rings is 1. The Hall–Kier alpha value is -0.780. The average molecular weight is 334 g/mol. The molecule has 0 saturated carbocycles. The van der Waals surface area contributed by atoms with Gasteiger partial charge in [-0.05, 0) is 31.4 Å². The summed E-state index contributed by atoms with van der Waals surface area (Å²) in [5, 5.41) is 1.22. The van der Waals surface area contributed by atoms with Crippen LogP contribution in [-0.4, -0.2) is 53.6 Å². The monoisotopic (exact) mass is 333 g/mol. The predicted octanol–water partition coefficient (Wildman–Crippen LogP) is 3.62. The lowest BCUT2D eigenvalue weighted by atomic mass is 10.0. The molecule has 118 valence electrons. The minimum Gasteiger partial charge on any atom is -0.348 e. The quantitative estimate of drug-likeness (QED) is 0.835. The van der Waals surface area contributed by atoms with Gasteiger partial charge in [-0.2, -0.15) is 11.8 Å². The van der Waals surface area contributed by atoms with Gasteiger partial charge in [0, 0.05) is 43.7 Å². The van der Waals surface area contributed by atoms with Crippen molar-refractivity contribution in [3.8, 4) is 0 Å². The van der Waals surface area contributed by atoms with E-state index in [0.29, 0.717) is 0 Å². The van der Waals surface area contributed by atoms with E-state index in [4.69, 9.17) is 4.98 Å². The zero-order valence-corrected chi connectivity index (χ0v) is 14.8. The molecule has 0 N–H and O–H groups in total. The van der Waals surface area contributed by atoms with Crippen LogP contribution in [0, 0.1) is 6.92 Å². The summed E-state index contributed by atoms with van der Waals surface area (Å²) in [6.45, 7) is 7.05. The Labute approximate surface area is 140 Å². The number of benzene rings is 1. The molecule has 2 aliphatic heterocycles. The van der Waals surface area contributed by atoms with Crippen molar-refractivity contribution in [1.29, 1.82) is 0 Å². The first kappa shape index (κ1) is 14.8. The van der Waals surface area contributed by atoms with Gasteiger partial charge in [-0.15, -0.1) is 0 Å². The molecule has 0 radical (unpaired) electrons. The Morgan fingerprint density at radius 1 is 1.09 bits per heavy atom. The molecule has 3 heterocycles. The lowest BCUT2D eigenvalue weighted by Gasteiger charge is -2.40. The van der Waals surface area contributed by atoms with Gasteiger partial charge in [0.1, 0.15) is 0 Å². The van der Waals surface area contributed by atoms with Crippen LogP contribution in [0.4, 0.5) is 5.13 Å². The van der Waals surface area contributed by atoms with Gasteiger partial charge in [0.05, 0.1) is 10.2 Å². The van der Waals surface area contributed by atoms with Crippen LogP contribution in [0.2, 0.25) is 0 Å². The largest absolute Gasteiger partial charge is 0.348 e. The van der Waals surface area contributed by atoms with E-state index in [9.17, 15) is 0 Å². The number of hydrogen-bond donors (Lipinski definition) is 0. The number of aromatic nitrogens is 1. The van der Waals surface area contributed by atoms with Crippen molar-refractivity contribution in [1.82, 2.24) is 9.88 Å². The molecule has 2 aromatic rings. The molecule has 0 unspecified atom stereocenters. The number of anilines is 1. The highest BCUT2D eigenvalue weighted by Crippen LogP contribution is 2.32. The number of para-hydroxylation sites is 1. The highest BCUT2D eigenvalue weighted by atomic mass is 32.2. The second kappa shape index (κ2) is 6.38. The van der Waals surface area contributed by atoms with E-state index >= 15 is 0 Å². The van der Waals surface area contributed by atoms with Crippen molar-refractivity contribution < 1.29 is 0 Å². The maximum absolute atomic E-state index is 4.90. The molecule has 3 nitrogen and oxygen atoms in total. The molecule has 2 saturated heterocycles. The molecule has 22 heavy (non-hydrogen) atoms. The lowest BCUT2D eigenvalue weighted by molar-refractivity contribution is 0.186. The predicted molar refractivity (Wildman–Crippen MR) is 98.5 cm³/mol. The third-order valence-electron chi connectivity index (χ3n) is 4.91. The summed E-state index contributed by atoms with van der Waals surface area (Å²) in [4.78, 5) is 10.1. The first-order valence-corrected chi connectivity index (χ1v) is 10.2. The van der Waals surface area contributed by atoms with Crippen molar-refractivity contribution in [2.24, 2.45) is 0 Å². The molecule has 0 aliphatic carbocycles. The van der Waals surface area contributed by atoms with Crippen molar-refractivity contribution in [3.05, 3.63) is 23.8 Å². The zero-order valence-electron chi connectivity index (χ0n) is 13.1. The van der Waals surface area contributed by atoms with Crippen LogP contribution in [0.15, 0.2) is 18.2 Å². The van der Waals surface area contributed by atoms with Crippen LogP contribution in [0.1, 0.15) is 18.4 Å². The molecule has 0 bridgehead atoms. The molecule has 5 heteroatoms. The molecule has 2 aliphatic rings. The van der Waals surface area contributed by atoms with Gasteiger partial charge in [-0.1, -0.05) is 23.5 Å².